The standard InChI is InChI=1S/C9H6O6.C7H5NO4/c10-7(11)4-1-5(8(12)13)3-6(2-4)9(14)15;9-7(10)5-1-3-6(4-2-5)8(11)12/h1-3H,(H,10,11)(H,12,13)(H,14,15);1-4H,(H,9,10). The number of nitro benzene ring substituents is 1. The van der Waals surface area contributed by atoms with Crippen LogP contribution in [0.3, 0.4) is 0 Å². The zero-order chi connectivity index (χ0) is 20.7. The summed E-state index contributed by atoms with van der Waals surface area (Å²) in [7, 11) is 0. The molecule has 2 aromatic rings. The molecule has 0 bridgehead atoms. The molecular weight excluding hydrogens is 366 g/mol. The molecule has 27 heavy (non-hydrogen) atoms. The molecule has 2 aromatic carbocycles. The summed E-state index contributed by atoms with van der Waals surface area (Å²) in [5, 5.41) is 44.4. The van der Waals surface area contributed by atoms with Crippen LogP contribution in [0.1, 0.15) is 41.4 Å². The van der Waals surface area contributed by atoms with Gasteiger partial charge >= 0.3 is 23.9 Å². The zero-order valence-electron chi connectivity index (χ0n) is 13.2. The largest absolute Gasteiger partial charge is 0.478 e. The van der Waals surface area contributed by atoms with E-state index in [1.165, 1.54) is 12.1 Å². The molecule has 0 spiro atoms. The Labute approximate surface area is 149 Å². The Bertz CT molecular complexity index is 805. The quantitative estimate of drug-likeness (QED) is 0.442. The third-order valence-corrected chi connectivity index (χ3v) is 3.00. The van der Waals surface area contributed by atoms with Crippen LogP contribution < -0.4 is 0 Å². The average molecular weight is 377 g/mol. The Kier molecular flexibility index (Phi) is 6.70. The molecule has 0 radical (unpaired) electrons. The summed E-state index contributed by atoms with van der Waals surface area (Å²) in [5.41, 5.74) is -1.17. The summed E-state index contributed by atoms with van der Waals surface area (Å²) in [6.07, 6.45) is 0. The van der Waals surface area contributed by atoms with Gasteiger partial charge in [0.2, 0.25) is 0 Å². The van der Waals surface area contributed by atoms with Crippen LogP contribution in [-0.4, -0.2) is 49.2 Å². The van der Waals surface area contributed by atoms with Crippen molar-refractivity contribution in [2.45, 2.75) is 0 Å². The van der Waals surface area contributed by atoms with Gasteiger partial charge < -0.3 is 20.4 Å². The van der Waals surface area contributed by atoms with Crippen LogP contribution in [0.5, 0.6) is 0 Å². The lowest BCUT2D eigenvalue weighted by Crippen LogP contribution is -2.07. The Morgan fingerprint density at radius 2 is 0.926 bits per heavy atom. The molecule has 0 aliphatic carbocycles. The Balaban J connectivity index is 0.000000277. The minimum atomic E-state index is -1.37. The fraction of sp³-hybridized carbons (Fsp3) is 0. The molecule has 11 nitrogen and oxygen atoms in total. The van der Waals surface area contributed by atoms with Gasteiger partial charge in [0, 0.05) is 12.1 Å². The number of nitro groups is 1. The van der Waals surface area contributed by atoms with E-state index in [2.05, 4.69) is 0 Å². The molecule has 140 valence electrons. The van der Waals surface area contributed by atoms with Gasteiger partial charge in [0.1, 0.15) is 0 Å². The van der Waals surface area contributed by atoms with Crippen LogP contribution in [0.4, 0.5) is 5.69 Å². The highest BCUT2D eigenvalue weighted by Gasteiger charge is 2.14. The monoisotopic (exact) mass is 377 g/mol. The predicted octanol–water partition coefficient (Wildman–Crippen LogP) is 2.07. The van der Waals surface area contributed by atoms with Crippen LogP contribution in [0, 0.1) is 10.1 Å². The van der Waals surface area contributed by atoms with Crippen LogP contribution in [0.25, 0.3) is 0 Å². The summed E-state index contributed by atoms with van der Waals surface area (Å²) < 4.78 is 0. The van der Waals surface area contributed by atoms with Crippen LogP contribution in [-0.2, 0) is 0 Å². The maximum absolute atomic E-state index is 10.6. The van der Waals surface area contributed by atoms with E-state index in [1.807, 2.05) is 0 Å². The fourth-order valence-corrected chi connectivity index (χ4v) is 1.72. The summed E-state index contributed by atoms with van der Waals surface area (Å²) in [4.78, 5) is 51.6. The molecule has 0 aliphatic rings. The van der Waals surface area contributed by atoms with Crippen LogP contribution >= 0.6 is 0 Å². The van der Waals surface area contributed by atoms with E-state index in [4.69, 9.17) is 20.4 Å². The second-order valence-corrected chi connectivity index (χ2v) is 4.82. The summed E-state index contributed by atoms with van der Waals surface area (Å²) in [6, 6.07) is 7.40. The van der Waals surface area contributed by atoms with Crippen molar-refractivity contribution < 1.29 is 44.5 Å². The molecule has 0 unspecified atom stereocenters. The number of carboxylic acids is 4. The van der Waals surface area contributed by atoms with Crippen molar-refractivity contribution in [3.05, 3.63) is 74.8 Å². The molecule has 0 aliphatic heterocycles. The zero-order valence-corrected chi connectivity index (χ0v) is 13.2. The van der Waals surface area contributed by atoms with Gasteiger partial charge in [-0.25, -0.2) is 19.2 Å². The van der Waals surface area contributed by atoms with Gasteiger partial charge in [-0.15, -0.1) is 0 Å². The second-order valence-electron chi connectivity index (χ2n) is 4.82. The van der Waals surface area contributed by atoms with Crippen molar-refractivity contribution in [2.75, 3.05) is 0 Å². The SMILES string of the molecule is O=C(O)c1cc(C(=O)O)cc(C(=O)O)c1.O=C(O)c1ccc([N+](=O)[O-])cc1. The van der Waals surface area contributed by atoms with E-state index in [1.54, 1.807) is 0 Å². The molecule has 4 N–H and O–H groups in total. The van der Waals surface area contributed by atoms with Crippen molar-refractivity contribution in [1.29, 1.82) is 0 Å². The molecule has 2 rings (SSSR count). The fourth-order valence-electron chi connectivity index (χ4n) is 1.72. The average Bonchev–Trinajstić information content (AvgIpc) is 2.61. The first-order valence-corrected chi connectivity index (χ1v) is 6.85. The molecule has 0 saturated heterocycles. The normalized spacial score (nSPS) is 9.48. The first-order valence-electron chi connectivity index (χ1n) is 6.85. The summed E-state index contributed by atoms with van der Waals surface area (Å²) >= 11 is 0. The van der Waals surface area contributed by atoms with Gasteiger partial charge in [-0.05, 0) is 30.3 Å². The summed E-state index contributed by atoms with van der Waals surface area (Å²) in [6.45, 7) is 0. The van der Waals surface area contributed by atoms with Gasteiger partial charge in [0.25, 0.3) is 5.69 Å². The van der Waals surface area contributed by atoms with Crippen molar-refractivity contribution >= 4 is 29.6 Å². The highest BCUT2D eigenvalue weighted by molar-refractivity contribution is 5.98. The molecule has 0 fully saturated rings. The number of aromatic carboxylic acids is 4. The van der Waals surface area contributed by atoms with Crippen LogP contribution in [0.15, 0.2) is 42.5 Å². The van der Waals surface area contributed by atoms with E-state index in [9.17, 15) is 29.3 Å². The van der Waals surface area contributed by atoms with E-state index in [0.717, 1.165) is 30.3 Å². The van der Waals surface area contributed by atoms with E-state index < -0.39 is 28.8 Å². The highest BCUT2D eigenvalue weighted by Crippen LogP contribution is 2.12. The van der Waals surface area contributed by atoms with Gasteiger partial charge in [0.05, 0.1) is 27.2 Å². The van der Waals surface area contributed by atoms with Crippen molar-refractivity contribution in [2.24, 2.45) is 0 Å². The number of carboxylic acid groups (broad SMARTS) is 4. The lowest BCUT2D eigenvalue weighted by atomic mass is 10.1. The molecule has 0 aromatic heterocycles. The Hall–Kier alpha value is -4.28. The third kappa shape index (κ3) is 5.94. The Morgan fingerprint density at radius 3 is 1.15 bits per heavy atom. The Morgan fingerprint density at radius 1 is 0.630 bits per heavy atom. The van der Waals surface area contributed by atoms with Crippen molar-refractivity contribution in [3.63, 3.8) is 0 Å². The molecule has 0 atom stereocenters. The summed E-state index contributed by atoms with van der Waals surface area (Å²) in [5.74, 6) is -5.22. The van der Waals surface area contributed by atoms with Gasteiger partial charge in [-0.2, -0.15) is 0 Å². The molecule has 11 heteroatoms. The van der Waals surface area contributed by atoms with Crippen molar-refractivity contribution in [3.8, 4) is 0 Å². The van der Waals surface area contributed by atoms with Gasteiger partial charge in [-0.3, -0.25) is 10.1 Å². The topological polar surface area (TPSA) is 192 Å². The van der Waals surface area contributed by atoms with Gasteiger partial charge in [-0.1, -0.05) is 0 Å². The molecule has 0 heterocycles. The highest BCUT2D eigenvalue weighted by atomic mass is 16.6. The third-order valence-electron chi connectivity index (χ3n) is 3.00. The van der Waals surface area contributed by atoms with Crippen molar-refractivity contribution in [1.82, 2.24) is 0 Å². The maximum Gasteiger partial charge on any atom is 0.335 e. The van der Waals surface area contributed by atoms with Gasteiger partial charge in [0.15, 0.2) is 0 Å². The number of hydrogen-bond donors (Lipinski definition) is 4. The number of benzene rings is 2. The molecular formula is C16H11NO10. The van der Waals surface area contributed by atoms with Crippen LogP contribution in [0.2, 0.25) is 0 Å². The number of carbonyl (C=O) groups is 4. The lowest BCUT2D eigenvalue weighted by molar-refractivity contribution is -0.384. The first-order chi connectivity index (χ1) is 12.5. The van der Waals surface area contributed by atoms with E-state index in [0.29, 0.717) is 0 Å². The number of rotatable bonds is 5. The molecule has 0 saturated carbocycles. The lowest BCUT2D eigenvalue weighted by Gasteiger charge is -2.00. The number of non-ortho nitro benzene ring substituents is 1. The van der Waals surface area contributed by atoms with E-state index >= 15 is 0 Å². The minimum absolute atomic E-state index is 0.0422. The minimum Gasteiger partial charge on any atom is -0.478 e. The maximum atomic E-state index is 10.6. The first kappa shape index (κ1) is 20.8. The second kappa shape index (κ2) is 8.71. The number of hydrogen-bond acceptors (Lipinski definition) is 6. The molecule has 0 amide bonds. The number of nitrogens with zero attached hydrogens (tertiary/aromatic N) is 1. The smallest absolute Gasteiger partial charge is 0.335 e. The predicted molar refractivity (Wildman–Crippen MR) is 87.4 cm³/mol. The van der Waals surface area contributed by atoms with E-state index in [-0.39, 0.29) is 27.9 Å².